The largest absolute Gasteiger partial charge is 0.507 e. The van der Waals surface area contributed by atoms with Crippen molar-refractivity contribution in [1.82, 2.24) is 9.80 Å². The Bertz CT molecular complexity index is 1080. The zero-order chi connectivity index (χ0) is 25.0. The molecule has 1 atom stereocenters. The lowest BCUT2D eigenvalue weighted by molar-refractivity contribution is -0.140. The summed E-state index contributed by atoms with van der Waals surface area (Å²) in [7, 11) is 3.75. The van der Waals surface area contributed by atoms with E-state index in [0.29, 0.717) is 30.0 Å². The monoisotopic (exact) mass is 468 g/mol. The first kappa shape index (κ1) is 25.1. The number of nitrogens with zero attached hydrogens (tertiary/aromatic N) is 2. The highest BCUT2D eigenvalue weighted by molar-refractivity contribution is 6.46. The molecule has 1 fully saturated rings. The molecule has 0 aliphatic carbocycles. The van der Waals surface area contributed by atoms with Gasteiger partial charge in [-0.1, -0.05) is 6.07 Å². The van der Waals surface area contributed by atoms with E-state index >= 15 is 0 Å². The third kappa shape index (κ3) is 5.34. The van der Waals surface area contributed by atoms with Crippen molar-refractivity contribution in [2.24, 2.45) is 0 Å². The molecule has 0 saturated carbocycles. The molecule has 182 valence electrons. The van der Waals surface area contributed by atoms with Gasteiger partial charge in [-0.15, -0.1) is 0 Å². The van der Waals surface area contributed by atoms with E-state index in [0.717, 1.165) is 0 Å². The molecule has 3 rings (SSSR count). The number of carbonyl (C=O) groups is 2. The molecule has 2 aromatic carbocycles. The number of ketones is 1. The van der Waals surface area contributed by atoms with E-state index in [4.69, 9.17) is 9.47 Å². The van der Waals surface area contributed by atoms with E-state index in [2.05, 4.69) is 0 Å². The van der Waals surface area contributed by atoms with Gasteiger partial charge in [-0.2, -0.15) is 0 Å². The van der Waals surface area contributed by atoms with Gasteiger partial charge in [-0.3, -0.25) is 9.59 Å². The summed E-state index contributed by atoms with van der Waals surface area (Å²) >= 11 is 0. The number of carbonyl (C=O) groups excluding carboxylic acids is 2. The number of aromatic hydroxyl groups is 1. The zero-order valence-corrected chi connectivity index (χ0v) is 20.2. The molecule has 8 heteroatoms. The molecule has 1 heterocycles. The van der Waals surface area contributed by atoms with Gasteiger partial charge in [0.2, 0.25) is 0 Å². The average Bonchev–Trinajstić information content (AvgIpc) is 3.03. The molecule has 8 nitrogen and oxygen atoms in total. The predicted molar refractivity (Wildman–Crippen MR) is 129 cm³/mol. The first-order chi connectivity index (χ1) is 16.1. The van der Waals surface area contributed by atoms with Gasteiger partial charge in [0.15, 0.2) is 11.5 Å². The molecule has 0 bridgehead atoms. The number of Topliss-reactive ketones (excluding diaryl/α,β-unsaturated/α-hetero) is 1. The summed E-state index contributed by atoms with van der Waals surface area (Å²) in [5.41, 5.74) is 0.950. The van der Waals surface area contributed by atoms with Gasteiger partial charge < -0.3 is 29.5 Å². The second kappa shape index (κ2) is 10.6. The minimum atomic E-state index is -0.827. The zero-order valence-electron chi connectivity index (χ0n) is 20.2. The quantitative estimate of drug-likeness (QED) is 0.330. The highest BCUT2D eigenvalue weighted by Crippen LogP contribution is 2.41. The first-order valence-corrected chi connectivity index (χ1v) is 11.3. The lowest BCUT2D eigenvalue weighted by Gasteiger charge is -2.27. The number of aliphatic hydroxyl groups excluding tert-OH is 1. The van der Waals surface area contributed by atoms with Gasteiger partial charge in [-0.25, -0.2) is 0 Å². The molecule has 0 unspecified atom stereocenters. The van der Waals surface area contributed by atoms with Gasteiger partial charge in [0.05, 0.1) is 24.3 Å². The van der Waals surface area contributed by atoms with Crippen molar-refractivity contribution in [3.05, 3.63) is 59.2 Å². The van der Waals surface area contributed by atoms with Gasteiger partial charge in [0, 0.05) is 18.7 Å². The Morgan fingerprint density at radius 1 is 1.12 bits per heavy atom. The Kier molecular flexibility index (Phi) is 7.83. The lowest BCUT2D eigenvalue weighted by Crippen LogP contribution is -2.35. The van der Waals surface area contributed by atoms with Crippen LogP contribution in [-0.2, 0) is 9.59 Å². The van der Waals surface area contributed by atoms with Crippen LogP contribution < -0.4 is 9.47 Å². The Morgan fingerprint density at radius 3 is 2.38 bits per heavy atom. The van der Waals surface area contributed by atoms with E-state index in [1.807, 2.05) is 32.8 Å². The minimum Gasteiger partial charge on any atom is -0.507 e. The molecule has 1 amide bonds. The highest BCUT2D eigenvalue weighted by atomic mass is 16.5. The summed E-state index contributed by atoms with van der Waals surface area (Å²) in [6, 6.07) is 10.6. The number of hydrogen-bond acceptors (Lipinski definition) is 7. The normalized spacial score (nSPS) is 17.6. The Morgan fingerprint density at radius 2 is 1.79 bits per heavy atom. The van der Waals surface area contributed by atoms with Crippen molar-refractivity contribution in [2.45, 2.75) is 32.9 Å². The van der Waals surface area contributed by atoms with Crippen LogP contribution in [0.1, 0.15) is 37.9 Å². The summed E-state index contributed by atoms with van der Waals surface area (Å²) in [4.78, 5) is 29.5. The smallest absolute Gasteiger partial charge is 0.295 e. The van der Waals surface area contributed by atoms with Crippen molar-refractivity contribution in [1.29, 1.82) is 0 Å². The van der Waals surface area contributed by atoms with Crippen molar-refractivity contribution in [2.75, 3.05) is 33.8 Å². The predicted octanol–water partition coefficient (Wildman–Crippen LogP) is 3.56. The van der Waals surface area contributed by atoms with Crippen LogP contribution in [0.5, 0.6) is 17.2 Å². The summed E-state index contributed by atoms with van der Waals surface area (Å²) in [6.07, 6.45) is -0.00417. The standard InChI is InChI=1S/C26H32N2O6/c1-6-33-21-15-18(9-12-20(21)29)23-22(25(31)26(32)28(23)14-13-27(4)5)24(30)17-7-10-19(11-8-17)34-16(2)3/h7-12,15-16,23,29-30H,6,13-14H2,1-5H3/t23-/m1/s1. The summed E-state index contributed by atoms with van der Waals surface area (Å²) in [6.45, 7) is 6.77. The van der Waals surface area contributed by atoms with Crippen LogP contribution >= 0.6 is 0 Å². The molecule has 0 aromatic heterocycles. The maximum Gasteiger partial charge on any atom is 0.295 e. The molecule has 34 heavy (non-hydrogen) atoms. The Balaban J connectivity index is 2.11. The van der Waals surface area contributed by atoms with Crippen LogP contribution in [0.3, 0.4) is 0 Å². The number of aliphatic hydroxyl groups is 1. The lowest BCUT2D eigenvalue weighted by atomic mass is 9.95. The molecule has 2 N–H and O–H groups in total. The fraction of sp³-hybridized carbons (Fsp3) is 0.385. The van der Waals surface area contributed by atoms with Crippen molar-refractivity contribution in [3.63, 3.8) is 0 Å². The maximum absolute atomic E-state index is 13.1. The number of likely N-dealkylation sites (tertiary alicyclic amines) is 1. The number of phenols is 1. The van der Waals surface area contributed by atoms with Gasteiger partial charge in [-0.05, 0) is 76.8 Å². The SMILES string of the molecule is CCOc1cc([C@@H]2C(=C(O)c3ccc(OC(C)C)cc3)C(=O)C(=O)N2CCN(C)C)ccc1O. The number of likely N-dealkylation sites (N-methyl/N-ethyl adjacent to an activating group) is 1. The van der Waals surface area contributed by atoms with Gasteiger partial charge >= 0.3 is 0 Å². The van der Waals surface area contributed by atoms with Crippen LogP contribution in [0.2, 0.25) is 0 Å². The van der Waals surface area contributed by atoms with E-state index in [1.54, 1.807) is 43.3 Å². The summed E-state index contributed by atoms with van der Waals surface area (Å²) in [5.74, 6) is -0.869. The number of phenolic OH excluding ortho intramolecular Hbond substituents is 1. The van der Waals surface area contributed by atoms with Gasteiger partial charge in [0.1, 0.15) is 11.5 Å². The van der Waals surface area contributed by atoms with E-state index in [9.17, 15) is 19.8 Å². The van der Waals surface area contributed by atoms with Crippen molar-refractivity contribution in [3.8, 4) is 17.2 Å². The topological polar surface area (TPSA) is 99.5 Å². The second-order valence-corrected chi connectivity index (χ2v) is 8.65. The summed E-state index contributed by atoms with van der Waals surface area (Å²) < 4.78 is 11.2. The number of benzene rings is 2. The highest BCUT2D eigenvalue weighted by Gasteiger charge is 2.46. The molecule has 1 aliphatic rings. The summed E-state index contributed by atoms with van der Waals surface area (Å²) in [5, 5.41) is 21.3. The van der Waals surface area contributed by atoms with Crippen LogP contribution in [0, 0.1) is 0 Å². The van der Waals surface area contributed by atoms with Crippen LogP contribution in [0.15, 0.2) is 48.0 Å². The number of hydrogen-bond donors (Lipinski definition) is 2. The van der Waals surface area contributed by atoms with Crippen molar-refractivity contribution < 1.29 is 29.3 Å². The van der Waals surface area contributed by atoms with Crippen molar-refractivity contribution >= 4 is 17.4 Å². The maximum atomic E-state index is 13.1. The fourth-order valence-electron chi connectivity index (χ4n) is 3.86. The van der Waals surface area contributed by atoms with Crippen LogP contribution in [0.25, 0.3) is 5.76 Å². The van der Waals surface area contributed by atoms with E-state index in [1.165, 1.54) is 11.0 Å². The average molecular weight is 469 g/mol. The molecular weight excluding hydrogens is 436 g/mol. The fourth-order valence-corrected chi connectivity index (χ4v) is 3.86. The van der Waals surface area contributed by atoms with E-state index < -0.39 is 17.7 Å². The molecule has 0 spiro atoms. The van der Waals surface area contributed by atoms with E-state index in [-0.39, 0.29) is 35.5 Å². The molecule has 2 aromatic rings. The van der Waals surface area contributed by atoms with Gasteiger partial charge in [0.25, 0.3) is 11.7 Å². The molecule has 1 aliphatic heterocycles. The Hall–Kier alpha value is -3.52. The Labute approximate surface area is 200 Å². The van der Waals surface area contributed by atoms with Crippen LogP contribution in [-0.4, -0.2) is 71.6 Å². The third-order valence-electron chi connectivity index (χ3n) is 5.43. The minimum absolute atomic E-state index is 0.00417. The number of amides is 1. The number of rotatable bonds is 9. The molecule has 0 radical (unpaired) electrons. The second-order valence-electron chi connectivity index (χ2n) is 8.65. The number of ether oxygens (including phenoxy) is 2. The van der Waals surface area contributed by atoms with Crippen LogP contribution in [0.4, 0.5) is 0 Å². The molecular formula is C26H32N2O6. The third-order valence-corrected chi connectivity index (χ3v) is 5.43. The first-order valence-electron chi connectivity index (χ1n) is 11.3. The molecule has 1 saturated heterocycles.